The molecule has 0 aromatic heterocycles. The number of nitrogens with two attached hydrogens (primary N) is 1. The molecular formula is C20H21Cl2FN2O5S. The Balaban J connectivity index is 2.63. The predicted molar refractivity (Wildman–Crippen MR) is 117 cm³/mol. The van der Waals surface area contributed by atoms with Gasteiger partial charge in [-0.15, -0.1) is 0 Å². The second-order valence-electron chi connectivity index (χ2n) is 6.92. The quantitative estimate of drug-likeness (QED) is 0.366. The van der Waals surface area contributed by atoms with E-state index in [1.807, 2.05) is 0 Å². The number of nitrogen functional groups attached to an aromatic ring is 1. The molecule has 11 heteroatoms. The number of alkyl halides is 3. The fraction of sp³-hybridized carbons (Fsp3) is 0.300. The van der Waals surface area contributed by atoms with Crippen molar-refractivity contribution >= 4 is 50.6 Å². The van der Waals surface area contributed by atoms with Gasteiger partial charge in [0.05, 0.1) is 16.9 Å². The largest absolute Gasteiger partial charge is 0.481 e. The van der Waals surface area contributed by atoms with Crippen molar-refractivity contribution in [1.29, 1.82) is 0 Å². The van der Waals surface area contributed by atoms with Gasteiger partial charge in [0.1, 0.15) is 6.67 Å². The van der Waals surface area contributed by atoms with Gasteiger partial charge in [-0.2, -0.15) is 0 Å². The lowest BCUT2D eigenvalue weighted by atomic mass is 9.77. The van der Waals surface area contributed by atoms with E-state index < -0.39 is 51.1 Å². The van der Waals surface area contributed by atoms with Crippen LogP contribution >= 0.6 is 23.2 Å². The summed E-state index contributed by atoms with van der Waals surface area (Å²) in [6.07, 6.45) is 1.03. The molecule has 7 nitrogen and oxygen atoms in total. The maximum absolute atomic E-state index is 14.1. The molecule has 0 spiro atoms. The van der Waals surface area contributed by atoms with E-state index in [1.54, 1.807) is 0 Å². The number of hydrogen-bond acceptors (Lipinski definition) is 5. The summed E-state index contributed by atoms with van der Waals surface area (Å²) in [4.78, 5) is 22.8. The average molecular weight is 491 g/mol. The topological polar surface area (TPSA) is 127 Å². The van der Waals surface area contributed by atoms with Crippen molar-refractivity contribution in [2.24, 2.45) is 0 Å². The van der Waals surface area contributed by atoms with Crippen LogP contribution in [0.15, 0.2) is 53.4 Å². The van der Waals surface area contributed by atoms with Gasteiger partial charge in [0, 0.05) is 17.9 Å². The Kier molecular flexibility index (Phi) is 8.27. The van der Waals surface area contributed by atoms with E-state index >= 15 is 0 Å². The van der Waals surface area contributed by atoms with E-state index in [0.717, 1.165) is 6.26 Å². The molecule has 2 rings (SSSR count). The van der Waals surface area contributed by atoms with Crippen LogP contribution < -0.4 is 11.1 Å². The van der Waals surface area contributed by atoms with Gasteiger partial charge in [-0.05, 0) is 35.4 Å². The Hall–Kier alpha value is -2.36. The second-order valence-corrected chi connectivity index (χ2v) is 10.0. The van der Waals surface area contributed by atoms with E-state index in [-0.39, 0.29) is 4.90 Å². The Labute approximate surface area is 189 Å². The highest BCUT2D eigenvalue weighted by atomic mass is 35.5. The summed E-state index contributed by atoms with van der Waals surface area (Å²) in [6.45, 7) is -1.12. The van der Waals surface area contributed by atoms with Crippen LogP contribution in [0.3, 0.4) is 0 Å². The molecule has 0 aliphatic heterocycles. The van der Waals surface area contributed by atoms with Crippen molar-refractivity contribution in [3.8, 4) is 0 Å². The molecule has 31 heavy (non-hydrogen) atoms. The molecule has 1 amide bonds. The first-order valence-electron chi connectivity index (χ1n) is 8.98. The Morgan fingerprint density at radius 3 is 2.00 bits per heavy atom. The average Bonchev–Trinajstić information content (AvgIpc) is 2.70. The van der Waals surface area contributed by atoms with Crippen molar-refractivity contribution in [3.05, 3.63) is 59.7 Å². The van der Waals surface area contributed by atoms with E-state index in [0.29, 0.717) is 16.8 Å². The van der Waals surface area contributed by atoms with Crippen molar-refractivity contribution in [2.45, 2.75) is 27.6 Å². The number of rotatable bonds is 9. The smallest absolute Gasteiger partial charge is 0.311 e. The van der Waals surface area contributed by atoms with Crippen LogP contribution in [0.5, 0.6) is 0 Å². The number of carbonyl (C=O) groups excluding carboxylic acids is 1. The van der Waals surface area contributed by atoms with Crippen molar-refractivity contribution < 1.29 is 27.5 Å². The molecule has 0 radical (unpaired) electrons. The lowest BCUT2D eigenvalue weighted by Gasteiger charge is -2.32. The Morgan fingerprint density at radius 1 is 1.06 bits per heavy atom. The number of hydrogen-bond donors (Lipinski definition) is 3. The number of halogens is 3. The molecule has 0 saturated carbocycles. The van der Waals surface area contributed by atoms with Gasteiger partial charge in [-0.25, -0.2) is 12.8 Å². The Bertz CT molecular complexity index is 1030. The van der Waals surface area contributed by atoms with Crippen LogP contribution in [0.4, 0.5) is 10.1 Å². The Morgan fingerprint density at radius 2 is 1.58 bits per heavy atom. The van der Waals surface area contributed by atoms with E-state index in [4.69, 9.17) is 28.9 Å². The summed E-state index contributed by atoms with van der Waals surface area (Å²) < 4.78 is 37.6. The predicted octanol–water partition coefficient (Wildman–Crippen LogP) is 2.88. The van der Waals surface area contributed by atoms with Gasteiger partial charge < -0.3 is 16.2 Å². The van der Waals surface area contributed by atoms with Gasteiger partial charge in [0.25, 0.3) is 5.91 Å². The summed E-state index contributed by atoms with van der Waals surface area (Å²) in [5, 5.41) is 12.3. The second kappa shape index (κ2) is 10.3. The molecule has 0 bridgehead atoms. The van der Waals surface area contributed by atoms with Gasteiger partial charge in [0.15, 0.2) is 14.7 Å². The number of benzene rings is 2. The minimum atomic E-state index is -3.50. The molecule has 0 aliphatic carbocycles. The monoisotopic (exact) mass is 490 g/mol. The highest BCUT2D eigenvalue weighted by Crippen LogP contribution is 2.37. The molecule has 168 valence electrons. The first-order valence-corrected chi connectivity index (χ1v) is 11.7. The lowest BCUT2D eigenvalue weighted by Crippen LogP contribution is -2.46. The maximum atomic E-state index is 14.1. The number of aliphatic carboxylic acids is 1. The minimum absolute atomic E-state index is 0.0109. The molecule has 2 aromatic rings. The highest BCUT2D eigenvalue weighted by molar-refractivity contribution is 7.90. The molecule has 1 unspecified atom stereocenters. The summed E-state index contributed by atoms with van der Waals surface area (Å²) in [5.41, 5.74) is 6.71. The first-order chi connectivity index (χ1) is 14.5. The fourth-order valence-corrected chi connectivity index (χ4v) is 4.03. The zero-order chi connectivity index (χ0) is 23.3. The molecule has 2 aromatic carbocycles. The lowest BCUT2D eigenvalue weighted by molar-refractivity contribution is -0.140. The summed E-state index contributed by atoms with van der Waals surface area (Å²) >= 11 is 11.1. The normalized spacial score (nSPS) is 14.6. The third-order valence-corrected chi connectivity index (χ3v) is 6.26. The molecule has 0 aliphatic rings. The summed E-state index contributed by atoms with van der Waals surface area (Å²) in [5.74, 6) is -4.57. The summed E-state index contributed by atoms with van der Waals surface area (Å²) in [6, 6.07) is 10.1. The third kappa shape index (κ3) is 6.32. The number of amides is 1. The molecule has 0 heterocycles. The number of nitrogens with one attached hydrogen (secondary N) is 1. The zero-order valence-electron chi connectivity index (χ0n) is 16.3. The number of anilines is 1. The maximum Gasteiger partial charge on any atom is 0.311 e. The zero-order valence-corrected chi connectivity index (χ0v) is 18.7. The molecule has 4 N–H and O–H groups in total. The van der Waals surface area contributed by atoms with Crippen LogP contribution in [0, 0.1) is 0 Å². The fourth-order valence-electron chi connectivity index (χ4n) is 3.27. The standard InChI is InChI=1S/C20H21Cl2FN2O5S/c1-31(29,30)14-8-4-11(5-9-14)16(15(10-23)25-19(26)18(21)22)17(20(27)28)12-2-6-13(24)7-3-12/h2-9,15-18H,10,24H2,1H3,(H,25,26)(H,27,28)/t15?,16-,17-/m1/s1. The van der Waals surface area contributed by atoms with Crippen LogP contribution in [0.1, 0.15) is 23.0 Å². The van der Waals surface area contributed by atoms with E-state index in [9.17, 15) is 27.5 Å². The number of carboxylic acid groups (broad SMARTS) is 1. The minimum Gasteiger partial charge on any atom is -0.481 e. The number of carbonyl (C=O) groups is 2. The molecule has 3 atom stereocenters. The van der Waals surface area contributed by atoms with Crippen LogP contribution in [-0.4, -0.2) is 49.2 Å². The van der Waals surface area contributed by atoms with E-state index in [1.165, 1.54) is 48.5 Å². The van der Waals surface area contributed by atoms with E-state index in [2.05, 4.69) is 5.32 Å². The summed E-state index contributed by atoms with van der Waals surface area (Å²) in [7, 11) is -3.50. The van der Waals surface area contributed by atoms with Gasteiger partial charge in [0.2, 0.25) is 0 Å². The van der Waals surface area contributed by atoms with Crippen LogP contribution in [-0.2, 0) is 19.4 Å². The van der Waals surface area contributed by atoms with Gasteiger partial charge in [-0.3, -0.25) is 9.59 Å². The van der Waals surface area contributed by atoms with Crippen molar-refractivity contribution in [3.63, 3.8) is 0 Å². The van der Waals surface area contributed by atoms with Gasteiger partial charge >= 0.3 is 5.97 Å². The van der Waals surface area contributed by atoms with Gasteiger partial charge in [-0.1, -0.05) is 47.5 Å². The van der Waals surface area contributed by atoms with Crippen LogP contribution in [0.2, 0.25) is 0 Å². The first kappa shape index (κ1) is 24.9. The van der Waals surface area contributed by atoms with Crippen LogP contribution in [0.25, 0.3) is 0 Å². The number of sulfone groups is 1. The SMILES string of the molecule is CS(=O)(=O)c1ccc([C@H](C(CF)NC(=O)C(Cl)Cl)[C@H](C(=O)O)c2ccc(N)cc2)cc1. The highest BCUT2D eigenvalue weighted by Gasteiger charge is 2.38. The molecular weight excluding hydrogens is 470 g/mol. The van der Waals surface area contributed by atoms with Crippen molar-refractivity contribution in [2.75, 3.05) is 18.7 Å². The molecule has 0 fully saturated rings. The van der Waals surface area contributed by atoms with Crippen molar-refractivity contribution in [1.82, 2.24) is 5.32 Å². The molecule has 0 saturated heterocycles. The third-order valence-electron chi connectivity index (χ3n) is 4.74. The number of carboxylic acids is 1.